The van der Waals surface area contributed by atoms with E-state index in [-0.39, 0.29) is 11.3 Å². The predicted molar refractivity (Wildman–Crippen MR) is 118 cm³/mol. The van der Waals surface area contributed by atoms with Gasteiger partial charge in [0.05, 0.1) is 12.2 Å². The van der Waals surface area contributed by atoms with Gasteiger partial charge in [-0.15, -0.1) is 5.10 Å². The number of aromatic nitrogens is 5. The Bertz CT molecular complexity index is 1020. The maximum Gasteiger partial charge on any atom is 0.0836 e. The molecule has 0 aliphatic heterocycles. The first kappa shape index (κ1) is 20.0. The minimum absolute atomic E-state index is 0.142. The van der Waals surface area contributed by atoms with Crippen LogP contribution in [0.15, 0.2) is 79.5 Å². The summed E-state index contributed by atoms with van der Waals surface area (Å²) in [5.41, 5.74) is 5.97. The fraction of sp³-hybridized carbons (Fsp3) is 0.280. The monoisotopic (exact) mass is 397 g/mol. The molecular formula is C25H27N5. The molecule has 0 saturated heterocycles. The minimum Gasteiger partial charge on any atom is -0.264 e. The summed E-state index contributed by atoms with van der Waals surface area (Å²) in [5.74, 6) is 0.142. The van der Waals surface area contributed by atoms with E-state index >= 15 is 0 Å². The van der Waals surface area contributed by atoms with Crippen molar-refractivity contribution in [3.63, 3.8) is 0 Å². The molecule has 0 aliphatic carbocycles. The molecule has 0 unspecified atom stereocenters. The Morgan fingerprint density at radius 1 is 0.867 bits per heavy atom. The van der Waals surface area contributed by atoms with Crippen LogP contribution in [-0.4, -0.2) is 25.0 Å². The number of nitrogens with zero attached hydrogens (tertiary/aromatic N) is 5. The summed E-state index contributed by atoms with van der Waals surface area (Å²) in [7, 11) is 0. The van der Waals surface area contributed by atoms with Crippen LogP contribution in [0.5, 0.6) is 0 Å². The normalized spacial score (nSPS) is 11.7. The SMILES string of the molecule is CC(C)(C)c1ccc(Cn2cc(CC(c3cccnc3)c3cccnc3)nn2)cc1. The third-order valence-electron chi connectivity index (χ3n) is 5.34. The Morgan fingerprint density at radius 2 is 1.50 bits per heavy atom. The molecular weight excluding hydrogens is 370 g/mol. The minimum atomic E-state index is 0.142. The van der Waals surface area contributed by atoms with E-state index in [9.17, 15) is 0 Å². The Balaban J connectivity index is 1.51. The summed E-state index contributed by atoms with van der Waals surface area (Å²) in [4.78, 5) is 8.59. The van der Waals surface area contributed by atoms with Gasteiger partial charge in [0, 0.05) is 43.3 Å². The average Bonchev–Trinajstić information content (AvgIpc) is 3.20. The molecule has 3 heterocycles. The topological polar surface area (TPSA) is 56.5 Å². The van der Waals surface area contributed by atoms with Crippen LogP contribution in [0.3, 0.4) is 0 Å². The highest BCUT2D eigenvalue weighted by Crippen LogP contribution is 2.27. The van der Waals surface area contributed by atoms with Crippen molar-refractivity contribution in [2.24, 2.45) is 0 Å². The van der Waals surface area contributed by atoms with Crippen molar-refractivity contribution in [3.8, 4) is 0 Å². The van der Waals surface area contributed by atoms with Crippen LogP contribution in [0, 0.1) is 0 Å². The summed E-state index contributed by atoms with van der Waals surface area (Å²) in [5, 5.41) is 8.79. The first-order valence-corrected chi connectivity index (χ1v) is 10.3. The molecule has 0 atom stereocenters. The third kappa shape index (κ3) is 4.79. The second kappa shape index (κ2) is 8.57. The molecule has 3 aromatic heterocycles. The highest BCUT2D eigenvalue weighted by molar-refractivity contribution is 5.31. The number of pyridine rings is 2. The number of hydrogen-bond donors (Lipinski definition) is 0. The molecule has 0 radical (unpaired) electrons. The molecule has 0 N–H and O–H groups in total. The van der Waals surface area contributed by atoms with E-state index in [2.05, 4.69) is 77.4 Å². The van der Waals surface area contributed by atoms with Gasteiger partial charge in [0.1, 0.15) is 0 Å². The Labute approximate surface area is 177 Å². The third-order valence-corrected chi connectivity index (χ3v) is 5.34. The van der Waals surface area contributed by atoms with Crippen LogP contribution in [0.2, 0.25) is 0 Å². The van der Waals surface area contributed by atoms with E-state index in [4.69, 9.17) is 0 Å². The van der Waals surface area contributed by atoms with Gasteiger partial charge >= 0.3 is 0 Å². The van der Waals surface area contributed by atoms with Gasteiger partial charge in [0.25, 0.3) is 0 Å². The predicted octanol–water partition coefficient (Wildman–Crippen LogP) is 4.79. The molecule has 0 spiro atoms. The van der Waals surface area contributed by atoms with Gasteiger partial charge in [-0.25, -0.2) is 4.68 Å². The fourth-order valence-electron chi connectivity index (χ4n) is 3.61. The number of hydrogen-bond acceptors (Lipinski definition) is 4. The first-order chi connectivity index (χ1) is 14.5. The van der Waals surface area contributed by atoms with Crippen LogP contribution in [0.1, 0.15) is 54.6 Å². The van der Waals surface area contributed by atoms with Crippen molar-refractivity contribution in [2.45, 2.75) is 45.1 Å². The zero-order valence-electron chi connectivity index (χ0n) is 17.7. The highest BCUT2D eigenvalue weighted by atomic mass is 15.4. The van der Waals surface area contributed by atoms with Gasteiger partial charge in [0.15, 0.2) is 0 Å². The average molecular weight is 398 g/mol. The molecule has 30 heavy (non-hydrogen) atoms. The van der Waals surface area contributed by atoms with Crippen LogP contribution in [-0.2, 0) is 18.4 Å². The molecule has 5 heteroatoms. The summed E-state index contributed by atoms with van der Waals surface area (Å²) < 4.78 is 1.91. The lowest BCUT2D eigenvalue weighted by molar-refractivity contribution is 0.589. The molecule has 1 aromatic carbocycles. The van der Waals surface area contributed by atoms with Gasteiger partial charge in [0.2, 0.25) is 0 Å². The molecule has 4 rings (SSSR count). The highest BCUT2D eigenvalue weighted by Gasteiger charge is 2.18. The van der Waals surface area contributed by atoms with E-state index in [0.717, 1.165) is 23.2 Å². The first-order valence-electron chi connectivity index (χ1n) is 10.3. The Kier molecular flexibility index (Phi) is 5.70. The Hall–Kier alpha value is -3.34. The van der Waals surface area contributed by atoms with E-state index in [1.807, 2.05) is 35.4 Å². The van der Waals surface area contributed by atoms with E-state index in [1.54, 1.807) is 12.4 Å². The standard InChI is InChI=1S/C25H27N5/c1-25(2,3)22-10-8-19(9-11-22)17-30-18-23(28-29-30)14-24(20-6-4-12-26-15-20)21-7-5-13-27-16-21/h4-13,15-16,18,24H,14,17H2,1-3H3. The zero-order chi connectivity index (χ0) is 21.0. The van der Waals surface area contributed by atoms with Crippen LogP contribution in [0.25, 0.3) is 0 Å². The van der Waals surface area contributed by atoms with Crippen LogP contribution in [0.4, 0.5) is 0 Å². The Morgan fingerprint density at radius 3 is 2.03 bits per heavy atom. The lowest BCUT2D eigenvalue weighted by Gasteiger charge is -2.19. The van der Waals surface area contributed by atoms with Gasteiger partial charge in [-0.1, -0.05) is 62.4 Å². The molecule has 0 fully saturated rings. The van der Waals surface area contributed by atoms with Gasteiger partial charge in [-0.05, 0) is 39.8 Å². The molecule has 0 aliphatic rings. The number of rotatable bonds is 6. The maximum absolute atomic E-state index is 4.43. The van der Waals surface area contributed by atoms with Crippen molar-refractivity contribution < 1.29 is 0 Å². The second-order valence-corrected chi connectivity index (χ2v) is 8.68. The van der Waals surface area contributed by atoms with Crippen molar-refractivity contribution in [2.75, 3.05) is 0 Å². The van der Waals surface area contributed by atoms with E-state index in [0.29, 0.717) is 6.54 Å². The molecule has 0 bridgehead atoms. The van der Waals surface area contributed by atoms with Crippen LogP contribution < -0.4 is 0 Å². The van der Waals surface area contributed by atoms with E-state index < -0.39 is 0 Å². The summed E-state index contributed by atoms with van der Waals surface area (Å²) in [6, 6.07) is 16.9. The summed E-state index contributed by atoms with van der Waals surface area (Å²) >= 11 is 0. The molecule has 0 amide bonds. The van der Waals surface area contributed by atoms with Crippen molar-refractivity contribution in [3.05, 3.63) is 107 Å². The lowest BCUT2D eigenvalue weighted by Crippen LogP contribution is -2.11. The van der Waals surface area contributed by atoms with Gasteiger partial charge in [-0.2, -0.15) is 0 Å². The molecule has 5 nitrogen and oxygen atoms in total. The summed E-state index contributed by atoms with van der Waals surface area (Å²) in [6.45, 7) is 7.40. The molecule has 0 saturated carbocycles. The van der Waals surface area contributed by atoms with Crippen molar-refractivity contribution >= 4 is 0 Å². The van der Waals surface area contributed by atoms with E-state index in [1.165, 1.54) is 11.1 Å². The summed E-state index contributed by atoms with van der Waals surface area (Å²) in [6.07, 6.45) is 10.2. The van der Waals surface area contributed by atoms with Gasteiger partial charge in [-0.3, -0.25) is 9.97 Å². The zero-order valence-corrected chi connectivity index (χ0v) is 17.7. The largest absolute Gasteiger partial charge is 0.264 e. The second-order valence-electron chi connectivity index (χ2n) is 8.68. The quantitative estimate of drug-likeness (QED) is 0.469. The molecule has 152 valence electrons. The number of benzene rings is 1. The molecule has 4 aromatic rings. The van der Waals surface area contributed by atoms with Crippen LogP contribution >= 0.6 is 0 Å². The van der Waals surface area contributed by atoms with Crippen molar-refractivity contribution in [1.29, 1.82) is 0 Å². The maximum atomic E-state index is 4.43. The smallest absolute Gasteiger partial charge is 0.0836 e. The fourth-order valence-corrected chi connectivity index (χ4v) is 3.61. The van der Waals surface area contributed by atoms with Crippen molar-refractivity contribution in [1.82, 2.24) is 25.0 Å². The lowest BCUT2D eigenvalue weighted by atomic mass is 9.87. The van der Waals surface area contributed by atoms with Gasteiger partial charge < -0.3 is 0 Å².